The Bertz CT molecular complexity index is 1030. The van der Waals surface area contributed by atoms with E-state index in [-0.39, 0.29) is 11.9 Å². The van der Waals surface area contributed by atoms with Crippen LogP contribution in [0.3, 0.4) is 0 Å². The van der Waals surface area contributed by atoms with Crippen LogP contribution in [-0.2, 0) is 6.54 Å². The average Bonchev–Trinajstić information content (AvgIpc) is 3.09. The standard InChI is InChI=1S/C22H28N4O3S/c1-3-4-5-6-7-9-13-24-22-26-20-17(21(28)29-22)15(2)18(30-20)19(27)25-14-16-11-8-10-12-23-16/h8,10-12H,3-7,9,13-14H2,1-2H3,(H,24,26)(H,25,27). The van der Waals surface area contributed by atoms with E-state index in [0.29, 0.717) is 33.7 Å². The first-order valence-electron chi connectivity index (χ1n) is 10.5. The monoisotopic (exact) mass is 428 g/mol. The summed E-state index contributed by atoms with van der Waals surface area (Å²) in [5.74, 6) is -0.248. The van der Waals surface area contributed by atoms with Gasteiger partial charge in [0.1, 0.15) is 10.2 Å². The van der Waals surface area contributed by atoms with Gasteiger partial charge in [-0.2, -0.15) is 4.98 Å². The minimum absolute atomic E-state index is 0.211. The molecule has 3 aromatic rings. The largest absolute Gasteiger partial charge is 0.389 e. The second kappa shape index (κ2) is 10.9. The second-order valence-corrected chi connectivity index (χ2v) is 8.24. The van der Waals surface area contributed by atoms with Crippen LogP contribution in [0, 0.1) is 6.92 Å². The summed E-state index contributed by atoms with van der Waals surface area (Å²) >= 11 is 1.20. The van der Waals surface area contributed by atoms with E-state index in [1.54, 1.807) is 13.1 Å². The van der Waals surface area contributed by atoms with Crippen molar-refractivity contribution >= 4 is 33.5 Å². The number of thiophene rings is 1. The van der Waals surface area contributed by atoms with Crippen LogP contribution in [0.15, 0.2) is 33.6 Å². The molecule has 0 bridgehead atoms. The van der Waals surface area contributed by atoms with Gasteiger partial charge in [0, 0.05) is 12.7 Å². The summed E-state index contributed by atoms with van der Waals surface area (Å²) in [7, 11) is 0. The molecule has 2 N–H and O–H groups in total. The zero-order valence-electron chi connectivity index (χ0n) is 17.5. The van der Waals surface area contributed by atoms with Crippen molar-refractivity contribution in [3.63, 3.8) is 0 Å². The Balaban J connectivity index is 1.63. The van der Waals surface area contributed by atoms with Gasteiger partial charge in [-0.05, 0) is 31.0 Å². The predicted octanol–water partition coefficient (Wildman–Crippen LogP) is 4.66. The van der Waals surface area contributed by atoms with Gasteiger partial charge in [-0.3, -0.25) is 9.78 Å². The summed E-state index contributed by atoms with van der Waals surface area (Å²) in [5, 5.41) is 6.31. The summed E-state index contributed by atoms with van der Waals surface area (Å²) in [6, 6.07) is 5.75. The SMILES string of the molecule is CCCCCCCCNc1nc2sc(C(=O)NCc3ccccn3)c(C)c2c(=O)o1. The van der Waals surface area contributed by atoms with Crippen LogP contribution in [0.2, 0.25) is 0 Å². The van der Waals surface area contributed by atoms with Gasteiger partial charge in [0.05, 0.1) is 17.1 Å². The summed E-state index contributed by atoms with van der Waals surface area (Å²) in [4.78, 5) is 34.7. The van der Waals surface area contributed by atoms with Crippen molar-refractivity contribution in [2.45, 2.75) is 58.9 Å². The van der Waals surface area contributed by atoms with Gasteiger partial charge in [-0.15, -0.1) is 11.3 Å². The number of unbranched alkanes of at least 4 members (excludes halogenated alkanes) is 5. The van der Waals surface area contributed by atoms with Crippen molar-refractivity contribution in [1.29, 1.82) is 0 Å². The summed E-state index contributed by atoms with van der Waals surface area (Å²) in [5.41, 5.74) is 0.892. The van der Waals surface area contributed by atoms with E-state index in [1.165, 1.54) is 37.0 Å². The highest BCUT2D eigenvalue weighted by molar-refractivity contribution is 7.20. The van der Waals surface area contributed by atoms with Gasteiger partial charge >= 0.3 is 5.63 Å². The fourth-order valence-corrected chi connectivity index (χ4v) is 4.30. The van der Waals surface area contributed by atoms with E-state index in [1.807, 2.05) is 18.2 Å². The number of amides is 1. The lowest BCUT2D eigenvalue weighted by Gasteiger charge is -2.04. The first kappa shape index (κ1) is 22.0. The van der Waals surface area contributed by atoms with Crippen molar-refractivity contribution in [2.24, 2.45) is 0 Å². The molecule has 3 aromatic heterocycles. The minimum Gasteiger partial charge on any atom is -0.389 e. The molecule has 0 aliphatic carbocycles. The highest BCUT2D eigenvalue weighted by Gasteiger charge is 2.20. The molecule has 8 heteroatoms. The summed E-state index contributed by atoms with van der Waals surface area (Å²) < 4.78 is 5.33. The molecule has 0 saturated carbocycles. The van der Waals surface area contributed by atoms with Crippen LogP contribution < -0.4 is 16.3 Å². The molecule has 0 unspecified atom stereocenters. The molecule has 0 radical (unpaired) electrons. The number of nitrogens with zero attached hydrogens (tertiary/aromatic N) is 2. The Morgan fingerprint density at radius 2 is 1.97 bits per heavy atom. The number of hydrogen-bond acceptors (Lipinski definition) is 7. The quantitative estimate of drug-likeness (QED) is 0.431. The highest BCUT2D eigenvalue weighted by Crippen LogP contribution is 2.28. The molecule has 0 atom stereocenters. The zero-order chi connectivity index (χ0) is 21.3. The Hall–Kier alpha value is -2.74. The van der Waals surface area contributed by atoms with Crippen molar-refractivity contribution in [3.05, 3.63) is 51.0 Å². The Morgan fingerprint density at radius 1 is 1.17 bits per heavy atom. The normalized spacial score (nSPS) is 11.0. The number of aryl methyl sites for hydroxylation is 1. The van der Waals surface area contributed by atoms with Gasteiger partial charge in [-0.1, -0.05) is 45.1 Å². The first-order valence-corrected chi connectivity index (χ1v) is 11.3. The number of nitrogens with one attached hydrogen (secondary N) is 2. The second-order valence-electron chi connectivity index (χ2n) is 7.24. The number of rotatable bonds is 11. The van der Waals surface area contributed by atoms with Gasteiger partial charge in [0.15, 0.2) is 0 Å². The van der Waals surface area contributed by atoms with Crippen LogP contribution >= 0.6 is 11.3 Å². The number of carbonyl (C=O) groups is 1. The molecule has 3 heterocycles. The lowest BCUT2D eigenvalue weighted by molar-refractivity contribution is 0.0954. The van der Waals surface area contributed by atoms with Gasteiger partial charge in [-0.25, -0.2) is 4.79 Å². The third-order valence-electron chi connectivity index (χ3n) is 4.89. The predicted molar refractivity (Wildman–Crippen MR) is 120 cm³/mol. The molecule has 0 aliphatic heterocycles. The third-order valence-corrected chi connectivity index (χ3v) is 6.08. The molecule has 0 aliphatic rings. The van der Waals surface area contributed by atoms with E-state index >= 15 is 0 Å². The molecule has 1 amide bonds. The number of anilines is 1. The fraction of sp³-hybridized carbons (Fsp3) is 0.455. The molecular formula is C22H28N4O3S. The molecule has 0 spiro atoms. The molecule has 0 aromatic carbocycles. The molecular weight excluding hydrogens is 400 g/mol. The van der Waals surface area contributed by atoms with Gasteiger partial charge in [0.2, 0.25) is 0 Å². The van der Waals surface area contributed by atoms with E-state index in [9.17, 15) is 9.59 Å². The topological polar surface area (TPSA) is 97.1 Å². The van der Waals surface area contributed by atoms with E-state index in [2.05, 4.69) is 27.5 Å². The maximum absolute atomic E-state index is 12.6. The Morgan fingerprint density at radius 3 is 2.73 bits per heavy atom. The maximum Gasteiger partial charge on any atom is 0.349 e. The van der Waals surface area contributed by atoms with Crippen molar-refractivity contribution in [3.8, 4) is 0 Å². The molecule has 30 heavy (non-hydrogen) atoms. The van der Waals surface area contributed by atoms with Gasteiger partial charge in [0.25, 0.3) is 11.9 Å². The highest BCUT2D eigenvalue weighted by atomic mass is 32.1. The molecule has 7 nitrogen and oxygen atoms in total. The molecule has 0 saturated heterocycles. The van der Waals surface area contributed by atoms with Crippen LogP contribution in [-0.4, -0.2) is 22.4 Å². The van der Waals surface area contributed by atoms with E-state index in [4.69, 9.17) is 4.42 Å². The van der Waals surface area contributed by atoms with Crippen molar-refractivity contribution in [2.75, 3.05) is 11.9 Å². The van der Waals surface area contributed by atoms with E-state index < -0.39 is 5.63 Å². The lowest BCUT2D eigenvalue weighted by atomic mass is 10.1. The summed E-state index contributed by atoms with van der Waals surface area (Å²) in [6.45, 7) is 4.97. The van der Waals surface area contributed by atoms with Crippen LogP contribution in [0.5, 0.6) is 0 Å². The smallest absolute Gasteiger partial charge is 0.349 e. The number of aromatic nitrogens is 2. The number of hydrogen-bond donors (Lipinski definition) is 2. The van der Waals surface area contributed by atoms with Gasteiger partial charge < -0.3 is 15.1 Å². The lowest BCUT2D eigenvalue weighted by Crippen LogP contribution is -2.23. The van der Waals surface area contributed by atoms with Crippen LogP contribution in [0.25, 0.3) is 10.2 Å². The fourth-order valence-electron chi connectivity index (χ4n) is 3.22. The minimum atomic E-state index is -0.469. The van der Waals surface area contributed by atoms with Crippen LogP contribution in [0.4, 0.5) is 6.01 Å². The van der Waals surface area contributed by atoms with E-state index in [0.717, 1.165) is 18.5 Å². The Labute approximate surface area is 179 Å². The number of fused-ring (bicyclic) bond motifs is 1. The number of carbonyl (C=O) groups excluding carboxylic acids is 1. The Kier molecular flexibility index (Phi) is 7.96. The average molecular weight is 429 g/mol. The zero-order valence-corrected chi connectivity index (χ0v) is 18.3. The molecule has 160 valence electrons. The first-order chi connectivity index (χ1) is 14.6. The molecule has 0 fully saturated rings. The number of pyridine rings is 1. The molecule has 3 rings (SSSR count). The third kappa shape index (κ3) is 5.66. The maximum atomic E-state index is 12.6. The van der Waals surface area contributed by atoms with Crippen molar-refractivity contribution in [1.82, 2.24) is 15.3 Å². The summed E-state index contributed by atoms with van der Waals surface area (Å²) in [6.07, 6.45) is 8.80. The van der Waals surface area contributed by atoms with Crippen LogP contribution in [0.1, 0.15) is 66.4 Å². The van der Waals surface area contributed by atoms with Crippen molar-refractivity contribution < 1.29 is 9.21 Å².